The van der Waals surface area contributed by atoms with Gasteiger partial charge in [-0.2, -0.15) is 0 Å². The monoisotopic (exact) mass is 445 g/mol. The van der Waals surface area contributed by atoms with Crippen LogP contribution in [0.25, 0.3) is 0 Å². The molecule has 5 heteroatoms. The van der Waals surface area contributed by atoms with E-state index in [0.717, 1.165) is 16.0 Å². The molecule has 3 aromatic rings. The highest BCUT2D eigenvalue weighted by Crippen LogP contribution is 2.36. The molecule has 0 unspecified atom stereocenters. The molecule has 0 amide bonds. The molecule has 136 valence electrons. The molecular weight excluding hydrogens is 422 g/mol. The van der Waals surface area contributed by atoms with Crippen LogP contribution in [0.1, 0.15) is 26.5 Å². The Morgan fingerprint density at radius 1 is 0.962 bits per heavy atom. The molecule has 2 nitrogen and oxygen atoms in total. The van der Waals surface area contributed by atoms with Gasteiger partial charge in [0, 0.05) is 18.4 Å². The molecule has 2 aromatic carbocycles. The molecule has 0 aliphatic heterocycles. The lowest BCUT2D eigenvalue weighted by atomic mass is 10.2. The maximum Gasteiger partial charge on any atom is 0.261 e. The van der Waals surface area contributed by atoms with Crippen LogP contribution in [0, 0.1) is 0 Å². The van der Waals surface area contributed by atoms with E-state index in [1.165, 1.54) is 10.4 Å². The molecule has 0 saturated carbocycles. The van der Waals surface area contributed by atoms with E-state index in [9.17, 15) is 0 Å². The van der Waals surface area contributed by atoms with Crippen LogP contribution < -0.4 is 10.4 Å². The smallest absolute Gasteiger partial charge is 0.261 e. The van der Waals surface area contributed by atoms with Gasteiger partial charge in [0.05, 0.1) is 5.69 Å². The number of hydrogen-bond donors (Lipinski definition) is 0. The second-order valence-electron chi connectivity index (χ2n) is 7.35. The number of rotatable bonds is 6. The highest BCUT2D eigenvalue weighted by Gasteiger charge is 2.49. The SMILES string of the molecule is CC(C)(C)[Si](OCCc1csc(Br)n1)(c1ccccc1)c1ccccc1. The summed E-state index contributed by atoms with van der Waals surface area (Å²) in [6, 6.07) is 21.5. The van der Waals surface area contributed by atoms with E-state index in [1.807, 2.05) is 0 Å². The molecule has 0 aliphatic carbocycles. The maximum absolute atomic E-state index is 6.87. The van der Waals surface area contributed by atoms with Gasteiger partial charge >= 0.3 is 0 Å². The first-order valence-electron chi connectivity index (χ1n) is 8.78. The van der Waals surface area contributed by atoms with Crippen LogP contribution in [0.15, 0.2) is 70.0 Å². The van der Waals surface area contributed by atoms with Gasteiger partial charge in [-0.05, 0) is 31.3 Å². The van der Waals surface area contributed by atoms with Gasteiger partial charge in [-0.3, -0.25) is 0 Å². The molecule has 0 spiro atoms. The molecular formula is C21H24BrNOSSi. The number of halogens is 1. The van der Waals surface area contributed by atoms with E-state index in [2.05, 4.69) is 108 Å². The van der Waals surface area contributed by atoms with Crippen LogP contribution in [0.5, 0.6) is 0 Å². The average Bonchev–Trinajstić information content (AvgIpc) is 3.04. The summed E-state index contributed by atoms with van der Waals surface area (Å²) in [7, 11) is -2.43. The quantitative estimate of drug-likeness (QED) is 0.496. The zero-order valence-electron chi connectivity index (χ0n) is 15.4. The Balaban J connectivity index is 1.99. The van der Waals surface area contributed by atoms with E-state index in [0.29, 0.717) is 6.61 Å². The van der Waals surface area contributed by atoms with Gasteiger partial charge in [0.2, 0.25) is 0 Å². The maximum atomic E-state index is 6.87. The Bertz CT molecular complexity index is 790. The third-order valence-corrected chi connectivity index (χ3v) is 11.1. The van der Waals surface area contributed by atoms with Gasteiger partial charge in [-0.25, -0.2) is 4.98 Å². The summed E-state index contributed by atoms with van der Waals surface area (Å²) in [6.45, 7) is 7.58. The number of benzene rings is 2. The number of thiazole rings is 1. The van der Waals surface area contributed by atoms with Crippen LogP contribution >= 0.6 is 27.3 Å². The first kappa shape index (κ1) is 19.5. The van der Waals surface area contributed by atoms with Crippen LogP contribution in [0.2, 0.25) is 5.04 Å². The molecule has 0 atom stereocenters. The van der Waals surface area contributed by atoms with E-state index < -0.39 is 8.32 Å². The van der Waals surface area contributed by atoms with Crippen LogP contribution in [0.4, 0.5) is 0 Å². The van der Waals surface area contributed by atoms with E-state index in [-0.39, 0.29) is 5.04 Å². The van der Waals surface area contributed by atoms with E-state index in [1.54, 1.807) is 11.3 Å². The van der Waals surface area contributed by atoms with Crippen molar-refractivity contribution in [2.24, 2.45) is 0 Å². The van der Waals surface area contributed by atoms with E-state index in [4.69, 9.17) is 4.43 Å². The highest BCUT2D eigenvalue weighted by atomic mass is 79.9. The van der Waals surface area contributed by atoms with Crippen LogP contribution in [0.3, 0.4) is 0 Å². The summed E-state index contributed by atoms with van der Waals surface area (Å²) in [5.74, 6) is 0. The van der Waals surface area contributed by atoms with Crippen molar-refractivity contribution in [2.75, 3.05) is 6.61 Å². The van der Waals surface area contributed by atoms with Crippen molar-refractivity contribution < 1.29 is 4.43 Å². The summed E-state index contributed by atoms with van der Waals surface area (Å²) in [4.78, 5) is 4.51. The van der Waals surface area contributed by atoms with Crippen molar-refractivity contribution >= 4 is 46.0 Å². The minimum atomic E-state index is -2.43. The van der Waals surface area contributed by atoms with Crippen molar-refractivity contribution in [1.29, 1.82) is 0 Å². The largest absolute Gasteiger partial charge is 0.407 e. The fraction of sp³-hybridized carbons (Fsp3) is 0.286. The standard InChI is InChI=1S/C21H24BrNOSSi/c1-21(2,3)26(18-10-6-4-7-11-18,19-12-8-5-9-13-19)24-15-14-17-16-25-20(22)23-17/h4-13,16H,14-15H2,1-3H3. The Morgan fingerprint density at radius 2 is 1.50 bits per heavy atom. The second-order valence-corrected chi connectivity index (χ2v) is 13.8. The van der Waals surface area contributed by atoms with Crippen molar-refractivity contribution in [3.05, 3.63) is 75.7 Å². The summed E-state index contributed by atoms with van der Waals surface area (Å²) >= 11 is 5.07. The van der Waals surface area contributed by atoms with Crippen molar-refractivity contribution in [1.82, 2.24) is 4.98 Å². The first-order chi connectivity index (χ1) is 12.4. The Kier molecular flexibility index (Phi) is 6.12. The first-order valence-corrected chi connectivity index (χ1v) is 12.4. The molecule has 0 N–H and O–H groups in total. The third kappa shape index (κ3) is 4.01. The molecule has 26 heavy (non-hydrogen) atoms. The normalized spacial score (nSPS) is 12.3. The molecule has 1 heterocycles. The summed E-state index contributed by atoms with van der Waals surface area (Å²) in [5.41, 5.74) is 1.08. The third-order valence-electron chi connectivity index (χ3n) is 4.62. The lowest BCUT2D eigenvalue weighted by Crippen LogP contribution is -2.66. The molecule has 0 fully saturated rings. The summed E-state index contributed by atoms with van der Waals surface area (Å²) < 4.78 is 7.80. The van der Waals surface area contributed by atoms with Gasteiger partial charge in [0.1, 0.15) is 0 Å². The molecule has 0 bridgehead atoms. The van der Waals surface area contributed by atoms with Crippen molar-refractivity contribution in [3.63, 3.8) is 0 Å². The molecule has 0 aliphatic rings. The predicted molar refractivity (Wildman–Crippen MR) is 117 cm³/mol. The Morgan fingerprint density at radius 3 is 1.92 bits per heavy atom. The fourth-order valence-electron chi connectivity index (χ4n) is 3.47. The molecule has 3 rings (SSSR count). The molecule has 0 saturated heterocycles. The van der Waals surface area contributed by atoms with Gasteiger partial charge < -0.3 is 4.43 Å². The van der Waals surface area contributed by atoms with Gasteiger partial charge in [0.25, 0.3) is 8.32 Å². The molecule has 0 radical (unpaired) electrons. The second kappa shape index (κ2) is 8.17. The minimum Gasteiger partial charge on any atom is -0.407 e. The zero-order chi connectivity index (χ0) is 18.6. The summed E-state index contributed by atoms with van der Waals surface area (Å²) in [6.07, 6.45) is 0.826. The fourth-order valence-corrected chi connectivity index (χ4v) is 9.11. The van der Waals surface area contributed by atoms with Crippen molar-refractivity contribution in [2.45, 2.75) is 32.2 Å². The Hall–Kier alpha value is -1.27. The highest BCUT2D eigenvalue weighted by molar-refractivity contribution is 9.11. The van der Waals surface area contributed by atoms with Gasteiger partial charge in [-0.1, -0.05) is 81.4 Å². The predicted octanol–water partition coefficient (Wildman–Crippen LogP) is 5.02. The number of aromatic nitrogens is 1. The molecule has 1 aromatic heterocycles. The number of hydrogen-bond acceptors (Lipinski definition) is 3. The van der Waals surface area contributed by atoms with Gasteiger partial charge in [0.15, 0.2) is 3.92 Å². The van der Waals surface area contributed by atoms with Crippen molar-refractivity contribution in [3.8, 4) is 0 Å². The average molecular weight is 446 g/mol. The topological polar surface area (TPSA) is 22.1 Å². The van der Waals surface area contributed by atoms with Gasteiger partial charge in [-0.15, -0.1) is 11.3 Å². The van der Waals surface area contributed by atoms with Crippen LogP contribution in [-0.2, 0) is 10.8 Å². The van der Waals surface area contributed by atoms with E-state index >= 15 is 0 Å². The number of nitrogens with zero attached hydrogens (tertiary/aromatic N) is 1. The summed E-state index contributed by atoms with van der Waals surface area (Å²) in [5, 5.41) is 4.74. The lowest BCUT2D eigenvalue weighted by Gasteiger charge is -2.43. The minimum absolute atomic E-state index is 0.0123. The van der Waals surface area contributed by atoms with Crippen LogP contribution in [-0.4, -0.2) is 19.9 Å². The zero-order valence-corrected chi connectivity index (χ0v) is 18.8. The lowest BCUT2D eigenvalue weighted by molar-refractivity contribution is 0.301. The Labute approximate surface area is 169 Å².